The van der Waals surface area contributed by atoms with Gasteiger partial charge in [0, 0.05) is 0 Å². The van der Waals surface area contributed by atoms with Crippen molar-refractivity contribution in [3.63, 3.8) is 0 Å². The molecule has 0 aromatic carbocycles. The van der Waals surface area contributed by atoms with Crippen LogP contribution >= 0.6 is 0 Å². The Hall–Kier alpha value is -0.250. The molecule has 0 aromatic rings. The SMILES string of the molecule is NC(C1CCCCC1)C(F)(F)F. The molecule has 1 atom stereocenters. The van der Waals surface area contributed by atoms with E-state index in [0.29, 0.717) is 12.8 Å². The zero-order valence-electron chi connectivity index (χ0n) is 6.90. The fourth-order valence-corrected chi connectivity index (χ4v) is 1.76. The van der Waals surface area contributed by atoms with E-state index >= 15 is 0 Å². The highest BCUT2D eigenvalue weighted by Crippen LogP contribution is 2.32. The number of halogens is 3. The Morgan fingerprint density at radius 2 is 1.58 bits per heavy atom. The molecule has 0 saturated heterocycles. The number of rotatable bonds is 1. The lowest BCUT2D eigenvalue weighted by Gasteiger charge is -2.28. The lowest BCUT2D eigenvalue weighted by atomic mass is 9.84. The standard InChI is InChI=1S/C8H14F3N/c9-8(10,11)7(12)6-4-2-1-3-5-6/h6-7H,1-5,12H2. The van der Waals surface area contributed by atoms with Gasteiger partial charge in [-0.1, -0.05) is 19.3 Å². The summed E-state index contributed by atoms with van der Waals surface area (Å²) in [6, 6.07) is -1.60. The first-order valence-corrected chi connectivity index (χ1v) is 4.34. The van der Waals surface area contributed by atoms with E-state index in [1.54, 1.807) is 0 Å². The summed E-state index contributed by atoms with van der Waals surface area (Å²) >= 11 is 0. The summed E-state index contributed by atoms with van der Waals surface area (Å²) in [7, 11) is 0. The van der Waals surface area contributed by atoms with Crippen molar-refractivity contribution >= 4 is 0 Å². The third-order valence-electron chi connectivity index (χ3n) is 2.54. The molecule has 0 heterocycles. The van der Waals surface area contributed by atoms with Crippen LogP contribution in [-0.4, -0.2) is 12.2 Å². The minimum atomic E-state index is -4.21. The summed E-state index contributed by atoms with van der Waals surface area (Å²) in [4.78, 5) is 0. The summed E-state index contributed by atoms with van der Waals surface area (Å²) in [6.07, 6.45) is -0.0761. The van der Waals surface area contributed by atoms with Gasteiger partial charge in [-0.2, -0.15) is 13.2 Å². The van der Waals surface area contributed by atoms with Crippen molar-refractivity contribution in [3.8, 4) is 0 Å². The van der Waals surface area contributed by atoms with Crippen LogP contribution in [-0.2, 0) is 0 Å². The quantitative estimate of drug-likeness (QED) is 0.660. The Morgan fingerprint density at radius 3 is 2.00 bits per heavy atom. The molecule has 0 bridgehead atoms. The molecule has 1 aliphatic carbocycles. The molecule has 0 amide bonds. The van der Waals surface area contributed by atoms with Crippen LogP contribution in [0.1, 0.15) is 32.1 Å². The first kappa shape index (κ1) is 9.84. The molecule has 1 aliphatic rings. The Morgan fingerprint density at radius 1 is 1.08 bits per heavy atom. The van der Waals surface area contributed by atoms with Gasteiger partial charge in [0.2, 0.25) is 0 Å². The molecule has 2 N–H and O–H groups in total. The first-order chi connectivity index (χ1) is 5.52. The smallest absolute Gasteiger partial charge is 0.320 e. The summed E-state index contributed by atoms with van der Waals surface area (Å²) in [5.74, 6) is -0.334. The largest absolute Gasteiger partial charge is 0.403 e. The van der Waals surface area contributed by atoms with Crippen molar-refractivity contribution in [2.75, 3.05) is 0 Å². The second-order valence-corrected chi connectivity index (χ2v) is 3.47. The molecular formula is C8H14F3N. The van der Waals surface area contributed by atoms with Crippen molar-refractivity contribution in [3.05, 3.63) is 0 Å². The molecule has 0 spiro atoms. The van der Waals surface area contributed by atoms with Gasteiger partial charge in [0.15, 0.2) is 0 Å². The minimum absolute atomic E-state index is 0.334. The first-order valence-electron chi connectivity index (χ1n) is 4.34. The highest BCUT2D eigenvalue weighted by molar-refractivity contribution is 4.81. The lowest BCUT2D eigenvalue weighted by Crippen LogP contribution is -2.44. The van der Waals surface area contributed by atoms with Crippen molar-refractivity contribution in [1.82, 2.24) is 0 Å². The number of hydrogen-bond acceptors (Lipinski definition) is 1. The summed E-state index contributed by atoms with van der Waals surface area (Å²) in [5.41, 5.74) is 5.10. The fourth-order valence-electron chi connectivity index (χ4n) is 1.76. The minimum Gasteiger partial charge on any atom is -0.320 e. The molecule has 0 aliphatic heterocycles. The van der Waals surface area contributed by atoms with Gasteiger partial charge in [-0.25, -0.2) is 0 Å². The number of alkyl halides is 3. The van der Waals surface area contributed by atoms with Crippen LogP contribution in [0, 0.1) is 5.92 Å². The van der Waals surface area contributed by atoms with Gasteiger partial charge in [0.25, 0.3) is 0 Å². The third kappa shape index (κ3) is 2.37. The fraction of sp³-hybridized carbons (Fsp3) is 1.00. The van der Waals surface area contributed by atoms with Crippen molar-refractivity contribution < 1.29 is 13.2 Å². The van der Waals surface area contributed by atoms with E-state index in [1.165, 1.54) is 0 Å². The molecule has 12 heavy (non-hydrogen) atoms. The maximum Gasteiger partial charge on any atom is 0.403 e. The van der Waals surface area contributed by atoms with Crippen molar-refractivity contribution in [1.29, 1.82) is 0 Å². The maximum atomic E-state index is 12.1. The topological polar surface area (TPSA) is 26.0 Å². The van der Waals surface area contributed by atoms with E-state index in [1.807, 2.05) is 0 Å². The molecule has 1 fully saturated rings. The normalized spacial score (nSPS) is 24.0. The van der Waals surface area contributed by atoms with Gasteiger partial charge in [0.1, 0.15) is 6.04 Å². The van der Waals surface area contributed by atoms with Crippen molar-refractivity contribution in [2.24, 2.45) is 11.7 Å². The van der Waals surface area contributed by atoms with Gasteiger partial charge >= 0.3 is 6.18 Å². The van der Waals surface area contributed by atoms with Gasteiger partial charge in [0.05, 0.1) is 0 Å². The van der Waals surface area contributed by atoms with Gasteiger partial charge in [-0.05, 0) is 18.8 Å². The molecule has 1 unspecified atom stereocenters. The molecule has 1 nitrogen and oxygen atoms in total. The Kier molecular flexibility index (Phi) is 2.99. The van der Waals surface area contributed by atoms with E-state index in [9.17, 15) is 13.2 Å². The maximum absolute atomic E-state index is 12.1. The zero-order valence-corrected chi connectivity index (χ0v) is 6.90. The van der Waals surface area contributed by atoms with E-state index in [2.05, 4.69) is 0 Å². The molecule has 1 saturated carbocycles. The Bertz CT molecular complexity index is 138. The van der Waals surface area contributed by atoms with Gasteiger partial charge in [-0.15, -0.1) is 0 Å². The average molecular weight is 181 g/mol. The predicted molar refractivity (Wildman–Crippen MR) is 40.6 cm³/mol. The molecular weight excluding hydrogens is 167 g/mol. The highest BCUT2D eigenvalue weighted by Gasteiger charge is 2.41. The van der Waals surface area contributed by atoms with Gasteiger partial charge < -0.3 is 5.73 Å². The summed E-state index contributed by atoms with van der Waals surface area (Å²) in [6.45, 7) is 0. The third-order valence-corrected chi connectivity index (χ3v) is 2.54. The van der Waals surface area contributed by atoms with Gasteiger partial charge in [-0.3, -0.25) is 0 Å². The molecule has 72 valence electrons. The molecule has 4 heteroatoms. The summed E-state index contributed by atoms with van der Waals surface area (Å²) < 4.78 is 36.3. The lowest BCUT2D eigenvalue weighted by molar-refractivity contribution is -0.161. The second kappa shape index (κ2) is 3.64. The van der Waals surface area contributed by atoms with Crippen LogP contribution in [0.4, 0.5) is 13.2 Å². The molecule has 1 rings (SSSR count). The molecule has 0 aromatic heterocycles. The average Bonchev–Trinajstić information content (AvgIpc) is 2.03. The van der Waals surface area contributed by atoms with E-state index in [0.717, 1.165) is 19.3 Å². The van der Waals surface area contributed by atoms with Crippen LogP contribution in [0.15, 0.2) is 0 Å². The summed E-state index contributed by atoms with van der Waals surface area (Å²) in [5, 5.41) is 0. The van der Waals surface area contributed by atoms with Crippen molar-refractivity contribution in [2.45, 2.75) is 44.3 Å². The number of nitrogens with two attached hydrogens (primary N) is 1. The Labute approximate surface area is 70.1 Å². The van der Waals surface area contributed by atoms with E-state index in [4.69, 9.17) is 5.73 Å². The van der Waals surface area contributed by atoms with Crippen LogP contribution in [0.2, 0.25) is 0 Å². The van der Waals surface area contributed by atoms with Crippen LogP contribution in [0.3, 0.4) is 0 Å². The van der Waals surface area contributed by atoms with Crippen LogP contribution in [0.5, 0.6) is 0 Å². The second-order valence-electron chi connectivity index (χ2n) is 3.47. The van der Waals surface area contributed by atoms with Crippen LogP contribution in [0.25, 0.3) is 0 Å². The zero-order chi connectivity index (χ0) is 9.19. The van der Waals surface area contributed by atoms with E-state index < -0.39 is 12.2 Å². The van der Waals surface area contributed by atoms with Crippen LogP contribution < -0.4 is 5.73 Å². The Balaban J connectivity index is 2.45. The van der Waals surface area contributed by atoms with E-state index in [-0.39, 0.29) is 5.92 Å². The predicted octanol–water partition coefficient (Wildman–Crippen LogP) is 2.46. The highest BCUT2D eigenvalue weighted by atomic mass is 19.4. The monoisotopic (exact) mass is 181 g/mol. The number of hydrogen-bond donors (Lipinski definition) is 1. The molecule has 0 radical (unpaired) electrons.